The summed E-state index contributed by atoms with van der Waals surface area (Å²) in [5, 5.41) is 13.5. The van der Waals surface area contributed by atoms with Crippen LogP contribution in [0.15, 0.2) is 55.1 Å². The predicted molar refractivity (Wildman–Crippen MR) is 182 cm³/mol. The number of carbonyl (C=O) groups excluding carboxylic acids is 1. The van der Waals surface area contributed by atoms with Crippen molar-refractivity contribution < 1.29 is 23.8 Å². The van der Waals surface area contributed by atoms with Crippen LogP contribution in [0.25, 0.3) is 33.3 Å². The number of imidazole rings is 2. The lowest BCUT2D eigenvalue weighted by atomic mass is 9.82. The number of hydrogen-bond acceptors (Lipinski definition) is 6. The van der Waals surface area contributed by atoms with Crippen molar-refractivity contribution in [1.29, 1.82) is 0 Å². The Hall–Kier alpha value is -4.48. The van der Waals surface area contributed by atoms with E-state index in [1.165, 1.54) is 0 Å². The van der Waals surface area contributed by atoms with Crippen LogP contribution in [0.5, 0.6) is 0 Å². The average molecular weight is 645 g/mol. The highest BCUT2D eigenvalue weighted by Gasteiger charge is 2.27. The molecule has 0 spiro atoms. The third kappa shape index (κ3) is 7.41. The molecule has 0 radical (unpaired) electrons. The number of hydrogen-bond donors (Lipinski definition) is 4. The number of allylic oxidation sites excluding steroid dienone is 5. The molecule has 1 aromatic carbocycles. The summed E-state index contributed by atoms with van der Waals surface area (Å²) in [6, 6.07) is 5.68. The maximum absolute atomic E-state index is 16.1. The Morgan fingerprint density at radius 3 is 2.64 bits per heavy atom. The maximum Gasteiger partial charge on any atom is 0.207 e. The summed E-state index contributed by atoms with van der Waals surface area (Å²) < 4.78 is 29.1. The zero-order chi connectivity index (χ0) is 33.7. The molecule has 47 heavy (non-hydrogen) atoms. The number of methoxy groups -OCH3 is 2. The molecule has 5 rings (SSSR count). The van der Waals surface area contributed by atoms with Crippen molar-refractivity contribution >= 4 is 28.5 Å². The number of aliphatic hydroxyl groups is 1. The van der Waals surface area contributed by atoms with Crippen LogP contribution in [-0.4, -0.2) is 69.5 Å². The van der Waals surface area contributed by atoms with Gasteiger partial charge in [-0.25, -0.2) is 14.4 Å². The summed E-state index contributed by atoms with van der Waals surface area (Å²) in [5.74, 6) is 1.52. The van der Waals surface area contributed by atoms with Crippen molar-refractivity contribution in [2.24, 2.45) is 11.3 Å². The predicted octanol–water partition coefficient (Wildman–Crippen LogP) is 6.55. The van der Waals surface area contributed by atoms with Crippen LogP contribution in [0, 0.1) is 17.2 Å². The van der Waals surface area contributed by atoms with Crippen molar-refractivity contribution in [2.45, 2.75) is 59.1 Å². The number of rotatable bonds is 14. The van der Waals surface area contributed by atoms with E-state index >= 15 is 4.39 Å². The van der Waals surface area contributed by atoms with Gasteiger partial charge in [-0.15, -0.1) is 0 Å². The lowest BCUT2D eigenvalue weighted by Crippen LogP contribution is -2.31. The minimum absolute atomic E-state index is 0.0194. The molecule has 2 unspecified atom stereocenters. The third-order valence-electron chi connectivity index (χ3n) is 8.85. The number of aromatic amines is 2. The van der Waals surface area contributed by atoms with Crippen LogP contribution >= 0.6 is 0 Å². The van der Waals surface area contributed by atoms with Crippen molar-refractivity contribution in [3.05, 3.63) is 83.9 Å². The first-order chi connectivity index (χ1) is 22.6. The monoisotopic (exact) mass is 644 g/mol. The molecule has 11 heteroatoms. The zero-order valence-electron chi connectivity index (χ0n) is 27.9. The Labute approximate surface area is 274 Å². The SMILES string of the molecule is COCC(CC(C)(C)CNC=O)c1ncc(C2=C/Cn3c(c(F)c4cc(-c5cnc(CC(OC)C(C)C)[nH]5)ccc43)C(=C\O)/C=C\2)[nH]1. The molecule has 4 N–H and O–H groups in total. The van der Waals surface area contributed by atoms with Crippen LogP contribution in [0.2, 0.25) is 0 Å². The topological polar surface area (TPSA) is 130 Å². The molecule has 250 valence electrons. The van der Waals surface area contributed by atoms with Crippen LogP contribution in [0.4, 0.5) is 4.39 Å². The Kier molecular flexibility index (Phi) is 10.5. The molecule has 3 aromatic heterocycles. The van der Waals surface area contributed by atoms with E-state index in [-0.39, 0.29) is 17.4 Å². The third-order valence-corrected chi connectivity index (χ3v) is 8.85. The fourth-order valence-corrected chi connectivity index (χ4v) is 6.35. The number of benzene rings is 1. The first-order valence-corrected chi connectivity index (χ1v) is 15.9. The summed E-state index contributed by atoms with van der Waals surface area (Å²) >= 11 is 0. The van der Waals surface area contributed by atoms with Gasteiger partial charge < -0.3 is 34.4 Å². The lowest BCUT2D eigenvalue weighted by Gasteiger charge is -2.28. The van der Waals surface area contributed by atoms with Crippen LogP contribution < -0.4 is 5.32 Å². The molecule has 1 amide bonds. The number of halogens is 1. The van der Waals surface area contributed by atoms with E-state index in [0.717, 1.165) is 46.9 Å². The number of nitrogens with zero attached hydrogens (tertiary/aromatic N) is 3. The lowest BCUT2D eigenvalue weighted by molar-refractivity contribution is -0.110. The standard InChI is InChI=1S/C36H45FN6O4/c1-22(2)31(47-6)14-32-39-16-29(41-32)24-9-10-30-27(13-24)33(37)34-25(18-44)8-7-23(11-12-43(30)34)28-17-40-35(42-28)26(19-46-5)15-36(3,4)20-38-21-45/h7-11,13,16-18,21-22,26,31,44H,12,14-15,19-20H2,1-6H3,(H,38,45)(H,39,41)(H,40,42)/b8-7-,23-11+,25-18-. The summed E-state index contributed by atoms with van der Waals surface area (Å²) in [4.78, 5) is 26.9. The van der Waals surface area contributed by atoms with E-state index in [9.17, 15) is 9.90 Å². The highest BCUT2D eigenvalue weighted by Crippen LogP contribution is 2.36. The van der Waals surface area contributed by atoms with Crippen molar-refractivity contribution in [1.82, 2.24) is 29.8 Å². The first kappa shape index (κ1) is 33.9. The smallest absolute Gasteiger partial charge is 0.207 e. The number of aromatic nitrogens is 5. The van der Waals surface area contributed by atoms with E-state index in [4.69, 9.17) is 9.47 Å². The second-order valence-electron chi connectivity index (χ2n) is 13.2. The highest BCUT2D eigenvalue weighted by atomic mass is 19.1. The van der Waals surface area contributed by atoms with Crippen molar-refractivity contribution in [3.63, 3.8) is 0 Å². The van der Waals surface area contributed by atoms with Gasteiger partial charge in [-0.1, -0.05) is 45.9 Å². The van der Waals surface area contributed by atoms with Gasteiger partial charge in [0.2, 0.25) is 6.41 Å². The van der Waals surface area contributed by atoms with E-state index in [0.29, 0.717) is 60.6 Å². The molecule has 4 heterocycles. The molecule has 0 fully saturated rings. The Morgan fingerprint density at radius 1 is 1.15 bits per heavy atom. The van der Waals surface area contributed by atoms with Crippen LogP contribution in [0.3, 0.4) is 0 Å². The molecule has 0 aliphatic carbocycles. The normalized spacial score (nSPS) is 17.6. The van der Waals surface area contributed by atoms with E-state index in [2.05, 4.69) is 52.9 Å². The molecule has 0 bridgehead atoms. The van der Waals surface area contributed by atoms with Gasteiger partial charge >= 0.3 is 0 Å². The Bertz CT molecular complexity index is 1790. The molecule has 0 saturated carbocycles. The van der Waals surface area contributed by atoms with Gasteiger partial charge in [-0.05, 0) is 41.5 Å². The molecule has 4 aromatic rings. The van der Waals surface area contributed by atoms with Crippen LogP contribution in [-0.2, 0) is 27.2 Å². The number of nitrogens with one attached hydrogen (secondary N) is 3. The van der Waals surface area contributed by atoms with Gasteiger partial charge in [-0.3, -0.25) is 4.79 Å². The number of aliphatic hydroxyl groups excluding tert-OH is 1. The number of amides is 1. The summed E-state index contributed by atoms with van der Waals surface area (Å²) in [7, 11) is 3.37. The number of ether oxygens (including phenoxy) is 2. The second kappa shape index (κ2) is 14.5. The second-order valence-corrected chi connectivity index (χ2v) is 13.2. The fraction of sp³-hybridized carbons (Fsp3) is 0.417. The summed E-state index contributed by atoms with van der Waals surface area (Å²) in [5.41, 5.74) is 4.47. The molecular weight excluding hydrogens is 599 g/mol. The summed E-state index contributed by atoms with van der Waals surface area (Å²) in [6.45, 7) is 9.79. The number of fused-ring (bicyclic) bond motifs is 3. The van der Waals surface area contributed by atoms with Gasteiger partial charge in [-0.2, -0.15) is 0 Å². The zero-order valence-corrected chi connectivity index (χ0v) is 27.9. The molecule has 2 atom stereocenters. The van der Waals surface area contributed by atoms with Gasteiger partial charge in [0.25, 0.3) is 0 Å². The van der Waals surface area contributed by atoms with Gasteiger partial charge in [0, 0.05) is 56.2 Å². The van der Waals surface area contributed by atoms with Gasteiger partial charge in [0.15, 0.2) is 5.82 Å². The van der Waals surface area contributed by atoms with Gasteiger partial charge in [0.05, 0.1) is 54.0 Å². The molecular formula is C36H45FN6O4. The minimum Gasteiger partial charge on any atom is -0.515 e. The van der Waals surface area contributed by atoms with Crippen molar-refractivity contribution in [3.8, 4) is 11.3 Å². The van der Waals surface area contributed by atoms with E-state index < -0.39 is 5.82 Å². The number of H-pyrrole nitrogens is 2. The Morgan fingerprint density at radius 2 is 1.94 bits per heavy atom. The first-order valence-electron chi connectivity index (χ1n) is 15.9. The molecule has 1 aliphatic heterocycles. The average Bonchev–Trinajstić information content (AvgIpc) is 3.78. The number of carbonyl (C=O) groups is 1. The van der Waals surface area contributed by atoms with Crippen molar-refractivity contribution in [2.75, 3.05) is 27.4 Å². The fourth-order valence-electron chi connectivity index (χ4n) is 6.35. The van der Waals surface area contributed by atoms with E-state index in [1.807, 2.05) is 34.9 Å². The molecule has 0 saturated heterocycles. The summed E-state index contributed by atoms with van der Waals surface area (Å²) in [6.07, 6.45) is 12.2. The quantitative estimate of drug-likeness (QED) is 0.0910. The minimum atomic E-state index is -0.402. The highest BCUT2D eigenvalue weighted by molar-refractivity contribution is 5.92. The molecule has 1 aliphatic rings. The molecule has 10 nitrogen and oxygen atoms in total. The Balaban J connectivity index is 1.44. The van der Waals surface area contributed by atoms with Gasteiger partial charge in [0.1, 0.15) is 11.6 Å². The maximum atomic E-state index is 16.1. The van der Waals surface area contributed by atoms with E-state index in [1.54, 1.807) is 32.7 Å². The largest absolute Gasteiger partial charge is 0.515 e. The van der Waals surface area contributed by atoms with Crippen LogP contribution in [0.1, 0.15) is 63.1 Å².